The number of rotatable bonds is 7. The summed E-state index contributed by atoms with van der Waals surface area (Å²) in [6.45, 7) is 4.77. The van der Waals surface area contributed by atoms with Gasteiger partial charge in [0.15, 0.2) is 13.2 Å². The maximum atomic E-state index is 5.72. The minimum atomic E-state index is 0.236. The maximum Gasteiger partial charge on any atom is 0.254 e. The average molecular weight is 324 g/mol. The van der Waals surface area contributed by atoms with E-state index in [1.807, 2.05) is 48.5 Å². The van der Waals surface area contributed by atoms with Crippen molar-refractivity contribution in [3.63, 3.8) is 0 Å². The average Bonchev–Trinajstić information content (AvgIpc) is 3.07. The van der Waals surface area contributed by atoms with E-state index in [1.165, 1.54) is 5.56 Å². The zero-order valence-corrected chi connectivity index (χ0v) is 13.8. The molecule has 0 aliphatic heterocycles. The summed E-state index contributed by atoms with van der Waals surface area (Å²) < 4.78 is 16.8. The molecule has 1 aromatic heterocycles. The fourth-order valence-corrected chi connectivity index (χ4v) is 2.18. The minimum Gasteiger partial charge on any atom is -0.484 e. The fourth-order valence-electron chi connectivity index (χ4n) is 2.18. The molecular formula is C19H20N2O3. The molecule has 124 valence electrons. The largest absolute Gasteiger partial charge is 0.484 e. The van der Waals surface area contributed by atoms with Crippen LogP contribution in [-0.2, 0) is 13.2 Å². The van der Waals surface area contributed by atoms with Crippen molar-refractivity contribution in [2.45, 2.75) is 33.0 Å². The van der Waals surface area contributed by atoms with Crippen LogP contribution in [0.2, 0.25) is 0 Å². The molecule has 1 heterocycles. The summed E-state index contributed by atoms with van der Waals surface area (Å²) in [5, 5.41) is 7.95. The Morgan fingerprint density at radius 1 is 0.833 bits per heavy atom. The second-order valence-electron chi connectivity index (χ2n) is 5.71. The number of ether oxygens (including phenoxy) is 2. The van der Waals surface area contributed by atoms with Gasteiger partial charge >= 0.3 is 0 Å². The molecule has 3 rings (SSSR count). The summed E-state index contributed by atoms with van der Waals surface area (Å²) in [7, 11) is 0. The molecule has 5 nitrogen and oxygen atoms in total. The highest BCUT2D eigenvalue weighted by molar-refractivity contribution is 5.30. The lowest BCUT2D eigenvalue weighted by atomic mass is 10.0. The van der Waals surface area contributed by atoms with Crippen molar-refractivity contribution in [1.82, 2.24) is 10.2 Å². The first-order valence-corrected chi connectivity index (χ1v) is 7.92. The molecule has 3 aromatic rings. The van der Waals surface area contributed by atoms with Crippen LogP contribution in [-0.4, -0.2) is 10.2 Å². The van der Waals surface area contributed by atoms with Gasteiger partial charge in [0, 0.05) is 0 Å². The van der Waals surface area contributed by atoms with Crippen LogP contribution in [0.1, 0.15) is 37.1 Å². The van der Waals surface area contributed by atoms with Gasteiger partial charge in [0.2, 0.25) is 0 Å². The lowest BCUT2D eigenvalue weighted by Crippen LogP contribution is -1.97. The van der Waals surface area contributed by atoms with E-state index in [-0.39, 0.29) is 13.2 Å². The van der Waals surface area contributed by atoms with Crippen LogP contribution in [0.5, 0.6) is 11.5 Å². The summed E-state index contributed by atoms with van der Waals surface area (Å²) in [5.41, 5.74) is 1.23. The Bertz CT molecular complexity index is 769. The zero-order valence-electron chi connectivity index (χ0n) is 13.8. The van der Waals surface area contributed by atoms with Crippen LogP contribution < -0.4 is 9.47 Å². The van der Waals surface area contributed by atoms with E-state index >= 15 is 0 Å². The molecule has 0 unspecified atom stereocenters. The number of nitrogens with zero attached hydrogens (tertiary/aromatic N) is 2. The molecule has 0 aliphatic rings. The van der Waals surface area contributed by atoms with Crippen molar-refractivity contribution in [1.29, 1.82) is 0 Å². The summed E-state index contributed by atoms with van der Waals surface area (Å²) in [6.07, 6.45) is 0. The van der Waals surface area contributed by atoms with Gasteiger partial charge in [-0.05, 0) is 35.7 Å². The number of benzene rings is 2. The van der Waals surface area contributed by atoms with E-state index < -0.39 is 0 Å². The zero-order chi connectivity index (χ0) is 16.8. The number of aromatic nitrogens is 2. The van der Waals surface area contributed by atoms with Crippen LogP contribution in [0.25, 0.3) is 0 Å². The minimum absolute atomic E-state index is 0.236. The first-order valence-electron chi connectivity index (χ1n) is 7.92. The van der Waals surface area contributed by atoms with Gasteiger partial charge in [0.05, 0.1) is 0 Å². The van der Waals surface area contributed by atoms with Gasteiger partial charge in [0.25, 0.3) is 11.8 Å². The van der Waals surface area contributed by atoms with E-state index in [4.69, 9.17) is 13.9 Å². The highest BCUT2D eigenvalue weighted by Gasteiger charge is 2.08. The molecule has 0 radical (unpaired) electrons. The van der Waals surface area contributed by atoms with Crippen LogP contribution >= 0.6 is 0 Å². The molecule has 0 aliphatic carbocycles. The summed E-state index contributed by atoms with van der Waals surface area (Å²) in [5.74, 6) is 2.86. The quantitative estimate of drug-likeness (QED) is 0.646. The Hall–Kier alpha value is -2.82. The number of hydrogen-bond acceptors (Lipinski definition) is 5. The SMILES string of the molecule is CC(C)c1cccc(OCc2nnc(COc3ccccc3)o2)c1. The van der Waals surface area contributed by atoms with Crippen LogP contribution in [0.15, 0.2) is 59.0 Å². The molecular weight excluding hydrogens is 304 g/mol. The van der Waals surface area contributed by atoms with Crippen LogP contribution in [0.4, 0.5) is 0 Å². The lowest BCUT2D eigenvalue weighted by Gasteiger charge is -2.08. The van der Waals surface area contributed by atoms with E-state index in [0.29, 0.717) is 17.7 Å². The molecule has 0 amide bonds. The monoisotopic (exact) mass is 324 g/mol. The Labute approximate surface area is 141 Å². The predicted octanol–water partition coefficient (Wildman–Crippen LogP) is 4.35. The van der Waals surface area contributed by atoms with Gasteiger partial charge in [-0.3, -0.25) is 0 Å². The third kappa shape index (κ3) is 4.35. The normalized spacial score (nSPS) is 10.8. The second-order valence-corrected chi connectivity index (χ2v) is 5.71. The fraction of sp³-hybridized carbons (Fsp3) is 0.263. The molecule has 5 heteroatoms. The van der Waals surface area contributed by atoms with Crippen molar-refractivity contribution < 1.29 is 13.9 Å². The van der Waals surface area contributed by atoms with Crippen molar-refractivity contribution in [2.24, 2.45) is 0 Å². The van der Waals surface area contributed by atoms with E-state index in [1.54, 1.807) is 0 Å². The molecule has 2 aromatic carbocycles. The Kier molecular flexibility index (Phi) is 5.11. The maximum absolute atomic E-state index is 5.72. The van der Waals surface area contributed by atoms with Gasteiger partial charge in [-0.15, -0.1) is 10.2 Å². The first-order chi connectivity index (χ1) is 11.7. The van der Waals surface area contributed by atoms with Gasteiger partial charge in [-0.1, -0.05) is 44.2 Å². The van der Waals surface area contributed by atoms with Gasteiger partial charge < -0.3 is 13.9 Å². The van der Waals surface area contributed by atoms with Crippen molar-refractivity contribution in [3.8, 4) is 11.5 Å². The summed E-state index contributed by atoms with van der Waals surface area (Å²) in [4.78, 5) is 0. The standard InChI is InChI=1S/C19H20N2O3/c1-14(2)15-7-6-10-17(11-15)23-13-19-21-20-18(24-19)12-22-16-8-4-3-5-9-16/h3-11,14H,12-13H2,1-2H3. The molecule has 0 spiro atoms. The van der Waals surface area contributed by atoms with E-state index in [2.05, 4.69) is 30.1 Å². The number of hydrogen-bond donors (Lipinski definition) is 0. The smallest absolute Gasteiger partial charge is 0.254 e. The third-order valence-electron chi connectivity index (χ3n) is 3.50. The molecule has 0 saturated carbocycles. The molecule has 0 N–H and O–H groups in total. The predicted molar refractivity (Wildman–Crippen MR) is 89.9 cm³/mol. The molecule has 24 heavy (non-hydrogen) atoms. The van der Waals surface area contributed by atoms with Crippen LogP contribution in [0, 0.1) is 0 Å². The van der Waals surface area contributed by atoms with E-state index in [0.717, 1.165) is 11.5 Å². The van der Waals surface area contributed by atoms with E-state index in [9.17, 15) is 0 Å². The molecule has 0 saturated heterocycles. The van der Waals surface area contributed by atoms with Crippen LogP contribution in [0.3, 0.4) is 0 Å². The lowest BCUT2D eigenvalue weighted by molar-refractivity contribution is 0.231. The van der Waals surface area contributed by atoms with Crippen molar-refractivity contribution >= 4 is 0 Å². The van der Waals surface area contributed by atoms with Gasteiger partial charge in [0.1, 0.15) is 11.5 Å². The topological polar surface area (TPSA) is 57.4 Å². The Morgan fingerprint density at radius 2 is 1.46 bits per heavy atom. The summed E-state index contributed by atoms with van der Waals surface area (Å²) >= 11 is 0. The molecule has 0 fully saturated rings. The third-order valence-corrected chi connectivity index (χ3v) is 3.50. The van der Waals surface area contributed by atoms with Crippen molar-refractivity contribution in [3.05, 3.63) is 71.9 Å². The highest BCUT2D eigenvalue weighted by atomic mass is 16.5. The van der Waals surface area contributed by atoms with Gasteiger partial charge in [-0.25, -0.2) is 0 Å². The highest BCUT2D eigenvalue weighted by Crippen LogP contribution is 2.21. The Morgan fingerprint density at radius 3 is 2.12 bits per heavy atom. The van der Waals surface area contributed by atoms with Gasteiger partial charge in [-0.2, -0.15) is 0 Å². The Balaban J connectivity index is 1.53. The molecule has 0 bridgehead atoms. The second kappa shape index (κ2) is 7.64. The summed E-state index contributed by atoms with van der Waals surface area (Å²) in [6, 6.07) is 17.5. The molecule has 0 atom stereocenters. The first kappa shape index (κ1) is 16.1. The van der Waals surface area contributed by atoms with Crippen molar-refractivity contribution in [2.75, 3.05) is 0 Å². The number of para-hydroxylation sites is 1.